The molecule has 0 bridgehead atoms. The van der Waals surface area contributed by atoms with E-state index in [0.29, 0.717) is 12.8 Å². The van der Waals surface area contributed by atoms with Crippen molar-refractivity contribution in [2.75, 3.05) is 0 Å². The molecule has 268 valence electrons. The Morgan fingerprint density at radius 3 is 1.08 bits per heavy atom. The Kier molecular flexibility index (Phi) is 33.9. The van der Waals surface area contributed by atoms with Gasteiger partial charge in [0, 0.05) is 0 Å². The predicted molar refractivity (Wildman–Crippen MR) is 208 cm³/mol. The fraction of sp³-hybridized carbons (Fsp3) is 0.545. The molecule has 2 unspecified atom stereocenters. The van der Waals surface area contributed by atoms with Gasteiger partial charge in [-0.15, -0.1) is 0 Å². The molecule has 0 amide bonds. The van der Waals surface area contributed by atoms with E-state index in [1.165, 1.54) is 103 Å². The van der Waals surface area contributed by atoms with Crippen molar-refractivity contribution in [1.82, 2.24) is 0 Å². The van der Waals surface area contributed by atoms with Crippen molar-refractivity contribution in [3.63, 3.8) is 0 Å². The normalized spacial score (nSPS) is 14.3. The summed E-state index contributed by atoms with van der Waals surface area (Å²) >= 11 is 0. The molecule has 2 atom stereocenters. The second-order valence-electron chi connectivity index (χ2n) is 12.5. The zero-order chi connectivity index (χ0) is 35.2. The van der Waals surface area contributed by atoms with E-state index in [1.54, 1.807) is 36.5 Å². The van der Waals surface area contributed by atoms with Crippen LogP contribution < -0.4 is 0 Å². The van der Waals surface area contributed by atoms with Crippen molar-refractivity contribution in [3.05, 3.63) is 109 Å². The van der Waals surface area contributed by atoms with Crippen molar-refractivity contribution in [1.29, 1.82) is 0 Å². The van der Waals surface area contributed by atoms with Crippen LogP contribution in [0.15, 0.2) is 109 Å². The van der Waals surface area contributed by atoms with Gasteiger partial charge in [0.05, 0.1) is 11.8 Å². The van der Waals surface area contributed by atoms with Crippen LogP contribution in [0.3, 0.4) is 0 Å². The van der Waals surface area contributed by atoms with Crippen LogP contribution in [0.25, 0.3) is 0 Å². The second kappa shape index (κ2) is 36.4. The topological polar surface area (TPSA) is 74.6 Å². The highest BCUT2D eigenvalue weighted by Gasteiger charge is 2.13. The van der Waals surface area contributed by atoms with E-state index >= 15 is 0 Å². The van der Waals surface area contributed by atoms with E-state index in [-0.39, 0.29) is 0 Å². The first-order valence-corrected chi connectivity index (χ1v) is 19.0. The van der Waals surface area contributed by atoms with Gasteiger partial charge in [-0.1, -0.05) is 220 Å². The number of carbonyl (C=O) groups is 2. The van der Waals surface area contributed by atoms with Gasteiger partial charge < -0.3 is 10.2 Å². The molecule has 4 heteroatoms. The van der Waals surface area contributed by atoms with Crippen LogP contribution in [0.1, 0.15) is 142 Å². The van der Waals surface area contributed by atoms with Gasteiger partial charge in [0.1, 0.15) is 0 Å². The first kappa shape index (κ1) is 44.6. The maximum absolute atomic E-state index is 11.6. The summed E-state index contributed by atoms with van der Waals surface area (Å²) in [6, 6.07) is 0. The summed E-state index contributed by atoms with van der Waals surface area (Å²) in [6.07, 6.45) is 58.4. The van der Waals surface area contributed by atoms with E-state index in [9.17, 15) is 19.8 Å². The fourth-order valence-electron chi connectivity index (χ4n) is 5.05. The quantitative estimate of drug-likeness (QED) is 0.0428. The minimum atomic E-state index is -0.906. The average molecular weight is 661 g/mol. The van der Waals surface area contributed by atoms with Gasteiger partial charge in [0.25, 0.3) is 0 Å². The van der Waals surface area contributed by atoms with Gasteiger partial charge in [-0.3, -0.25) is 9.59 Å². The monoisotopic (exact) mass is 661 g/mol. The number of allylic oxidation sites excluding steroid dienone is 16. The molecular formula is C44H68O4. The lowest BCUT2D eigenvalue weighted by Crippen LogP contribution is -2.11. The summed E-state index contributed by atoms with van der Waals surface area (Å²) in [5.74, 6) is -3.13. The smallest absolute Gasteiger partial charge is 0.310 e. The van der Waals surface area contributed by atoms with Gasteiger partial charge in [0.2, 0.25) is 0 Å². The summed E-state index contributed by atoms with van der Waals surface area (Å²) in [6.45, 7) is 4.44. The molecule has 0 heterocycles. The van der Waals surface area contributed by atoms with Crippen molar-refractivity contribution in [3.8, 4) is 0 Å². The van der Waals surface area contributed by atoms with E-state index in [0.717, 1.165) is 12.8 Å². The van der Waals surface area contributed by atoms with Crippen LogP contribution in [-0.4, -0.2) is 22.2 Å². The first-order chi connectivity index (χ1) is 23.5. The highest BCUT2D eigenvalue weighted by atomic mass is 16.4. The Bertz CT molecular complexity index is 1030. The number of hydrogen-bond acceptors (Lipinski definition) is 2. The van der Waals surface area contributed by atoms with Crippen LogP contribution in [0.4, 0.5) is 0 Å². The van der Waals surface area contributed by atoms with Gasteiger partial charge in [0.15, 0.2) is 0 Å². The molecule has 0 saturated heterocycles. The average Bonchev–Trinajstić information content (AvgIpc) is 3.07. The van der Waals surface area contributed by atoms with E-state index in [1.807, 2.05) is 54.7 Å². The molecule has 0 aliphatic heterocycles. The van der Waals surface area contributed by atoms with Gasteiger partial charge in [-0.05, 0) is 32.1 Å². The van der Waals surface area contributed by atoms with Crippen LogP contribution in [-0.2, 0) is 9.59 Å². The third-order valence-corrected chi connectivity index (χ3v) is 8.10. The Morgan fingerprint density at radius 1 is 0.396 bits per heavy atom. The molecule has 2 N–H and O–H groups in total. The second-order valence-corrected chi connectivity index (χ2v) is 12.5. The Hall–Kier alpha value is -3.40. The minimum Gasteiger partial charge on any atom is -0.481 e. The lowest BCUT2D eigenvalue weighted by atomic mass is 10.0. The summed E-state index contributed by atoms with van der Waals surface area (Å²) in [5, 5.41) is 19.0. The largest absolute Gasteiger partial charge is 0.481 e. The van der Waals surface area contributed by atoms with Crippen LogP contribution >= 0.6 is 0 Å². The van der Waals surface area contributed by atoms with E-state index < -0.39 is 23.8 Å². The van der Waals surface area contributed by atoms with Crippen molar-refractivity contribution in [2.45, 2.75) is 142 Å². The van der Waals surface area contributed by atoms with E-state index in [2.05, 4.69) is 32.1 Å². The molecule has 48 heavy (non-hydrogen) atoms. The summed E-state index contributed by atoms with van der Waals surface area (Å²) in [7, 11) is 0. The molecule has 0 aromatic rings. The van der Waals surface area contributed by atoms with Crippen molar-refractivity contribution in [2.24, 2.45) is 11.8 Å². The fourth-order valence-corrected chi connectivity index (χ4v) is 5.05. The number of unbranched alkanes of at least 4 members (excludes halogenated alkanes) is 16. The zero-order valence-electron chi connectivity index (χ0n) is 30.4. The van der Waals surface area contributed by atoms with Gasteiger partial charge >= 0.3 is 11.9 Å². The predicted octanol–water partition coefficient (Wildman–Crippen LogP) is 13.2. The maximum atomic E-state index is 11.6. The lowest BCUT2D eigenvalue weighted by Gasteiger charge is -2.05. The summed E-state index contributed by atoms with van der Waals surface area (Å²) in [5.41, 5.74) is 0. The van der Waals surface area contributed by atoms with Crippen molar-refractivity contribution >= 4 is 11.9 Å². The highest BCUT2D eigenvalue weighted by Crippen LogP contribution is 2.14. The zero-order valence-corrected chi connectivity index (χ0v) is 30.4. The van der Waals surface area contributed by atoms with Gasteiger partial charge in [-0.2, -0.15) is 0 Å². The van der Waals surface area contributed by atoms with E-state index in [4.69, 9.17) is 0 Å². The van der Waals surface area contributed by atoms with Crippen LogP contribution in [0.5, 0.6) is 0 Å². The molecule has 0 saturated carbocycles. The number of carboxylic acid groups (broad SMARTS) is 2. The molecule has 0 radical (unpaired) electrons. The van der Waals surface area contributed by atoms with Crippen LogP contribution in [0.2, 0.25) is 0 Å². The molecule has 0 aliphatic rings. The number of hydrogen-bond donors (Lipinski definition) is 2. The maximum Gasteiger partial charge on any atom is 0.310 e. The summed E-state index contributed by atoms with van der Waals surface area (Å²) in [4.78, 5) is 23.2. The molecular weight excluding hydrogens is 592 g/mol. The minimum absolute atomic E-state index is 0.309. The molecule has 0 aromatic heterocycles. The number of carboxylic acids is 2. The number of rotatable bonds is 32. The van der Waals surface area contributed by atoms with Crippen molar-refractivity contribution < 1.29 is 19.8 Å². The Morgan fingerprint density at radius 2 is 0.708 bits per heavy atom. The standard InChI is InChI=1S/C44H68O4/c1-3-5-7-9-11-13-15-16-17-18-19-20-21-22-23-24-25-26-28-30-32-34-38-42(44(47)48)40-36-35-39-41(43(45)46)37-33-31-29-27-14-12-10-8-6-4-2/h10,12,14,24-38,41-42H,3-9,11,13,15-23,39-40H2,1-2H3,(H,45,46)(H,47,48). The lowest BCUT2D eigenvalue weighted by molar-refractivity contribution is -0.141. The Labute approximate surface area is 294 Å². The highest BCUT2D eigenvalue weighted by molar-refractivity contribution is 5.73. The summed E-state index contributed by atoms with van der Waals surface area (Å²) < 4.78 is 0. The Balaban J connectivity index is 4.15. The number of aliphatic carboxylic acids is 2. The third kappa shape index (κ3) is 32.5. The van der Waals surface area contributed by atoms with Crippen LogP contribution in [0, 0.1) is 11.8 Å². The SMILES string of the molecule is CCCCC=CC=CC=CC=CC(CC=CCC(C=CC=CC=CC=CCCCCCCCCCCCCCCCC)C(=O)O)C(=O)O. The first-order valence-electron chi connectivity index (χ1n) is 19.0. The molecule has 0 spiro atoms. The molecule has 0 fully saturated rings. The van der Waals surface area contributed by atoms with Gasteiger partial charge in [-0.25, -0.2) is 0 Å². The molecule has 4 nitrogen and oxygen atoms in total. The molecule has 0 aromatic carbocycles. The third-order valence-electron chi connectivity index (χ3n) is 8.10. The molecule has 0 rings (SSSR count). The molecule has 0 aliphatic carbocycles.